The Hall–Kier alpha value is -0.470. The maximum absolute atomic E-state index is 5.88. The molecule has 1 aromatic carbocycles. The van der Waals surface area contributed by atoms with Crippen molar-refractivity contribution in [3.63, 3.8) is 0 Å². The van der Waals surface area contributed by atoms with Crippen LogP contribution in [0.2, 0.25) is 0 Å². The van der Waals surface area contributed by atoms with Gasteiger partial charge in [0, 0.05) is 0 Å². The van der Waals surface area contributed by atoms with Gasteiger partial charge in [-0.1, -0.05) is 24.3 Å². The molecule has 0 saturated carbocycles. The molecule has 3 aliphatic rings. The second-order valence-corrected chi connectivity index (χ2v) is 5.03. The molecule has 4 atom stereocenters. The van der Waals surface area contributed by atoms with Crippen LogP contribution >= 0.6 is 11.8 Å². The summed E-state index contributed by atoms with van der Waals surface area (Å²) in [5.41, 5.74) is 2.91. The Morgan fingerprint density at radius 2 is 1.58 bits per heavy atom. The van der Waals surface area contributed by atoms with Crippen LogP contribution in [-0.2, 0) is 4.74 Å². The van der Waals surface area contributed by atoms with Crippen LogP contribution in [0.25, 0.3) is 0 Å². The van der Waals surface area contributed by atoms with Gasteiger partial charge in [0.15, 0.2) is 0 Å². The highest BCUT2D eigenvalue weighted by molar-refractivity contribution is 8.07. The van der Waals surface area contributed by atoms with E-state index in [0.717, 1.165) is 10.5 Å². The predicted octanol–water partition coefficient (Wildman–Crippen LogP) is 2.30. The summed E-state index contributed by atoms with van der Waals surface area (Å²) in [6, 6.07) is 8.67. The fourth-order valence-corrected chi connectivity index (χ4v) is 3.73. The van der Waals surface area contributed by atoms with E-state index in [2.05, 4.69) is 36.0 Å². The lowest BCUT2D eigenvalue weighted by molar-refractivity contribution is 0.0706. The summed E-state index contributed by atoms with van der Waals surface area (Å²) < 4.78 is 5.88. The molecule has 0 N–H and O–H groups in total. The van der Waals surface area contributed by atoms with Crippen LogP contribution in [0.5, 0.6) is 0 Å². The molecule has 1 nitrogen and oxygen atoms in total. The maximum Gasteiger partial charge on any atom is 0.0968 e. The number of thioether (sulfide) groups is 1. The molecule has 0 radical (unpaired) electrons. The van der Waals surface area contributed by atoms with Crippen LogP contribution in [0.4, 0.5) is 0 Å². The molecule has 0 aliphatic carbocycles. The predicted molar refractivity (Wildman–Crippen MR) is 48.2 cm³/mol. The van der Waals surface area contributed by atoms with E-state index in [1.54, 1.807) is 0 Å². The third-order valence-electron chi connectivity index (χ3n) is 3.06. The molecule has 12 heavy (non-hydrogen) atoms. The van der Waals surface area contributed by atoms with E-state index in [9.17, 15) is 0 Å². The van der Waals surface area contributed by atoms with Gasteiger partial charge < -0.3 is 4.74 Å². The first-order valence-electron chi connectivity index (χ1n) is 4.35. The van der Waals surface area contributed by atoms with Crippen LogP contribution in [0.3, 0.4) is 0 Å². The Morgan fingerprint density at radius 1 is 1.00 bits per heavy atom. The molecule has 2 heteroatoms. The smallest absolute Gasteiger partial charge is 0.0968 e. The molecule has 2 fully saturated rings. The van der Waals surface area contributed by atoms with Crippen molar-refractivity contribution in [1.29, 1.82) is 0 Å². The first-order chi connectivity index (χ1) is 5.95. The lowest BCUT2D eigenvalue weighted by Crippen LogP contribution is -2.06. The van der Waals surface area contributed by atoms with Crippen molar-refractivity contribution in [3.05, 3.63) is 35.4 Å². The van der Waals surface area contributed by atoms with Gasteiger partial charge in [-0.3, -0.25) is 0 Å². The Bertz CT molecular complexity index is 330. The van der Waals surface area contributed by atoms with Crippen LogP contribution in [-0.4, -0.2) is 10.5 Å². The third-order valence-corrected chi connectivity index (χ3v) is 4.46. The summed E-state index contributed by atoms with van der Waals surface area (Å²) in [6.45, 7) is 0. The van der Waals surface area contributed by atoms with E-state index in [-0.39, 0.29) is 0 Å². The standard InChI is InChI=1S/C10H8OS/c1-2-4-6-5(3-1)7-9-10(12-9)8(6)11-7/h1-4,7-10H/t7-,8+,9-,10+. The summed E-state index contributed by atoms with van der Waals surface area (Å²) in [4.78, 5) is 0. The first-order valence-corrected chi connectivity index (χ1v) is 5.29. The lowest BCUT2D eigenvalue weighted by Gasteiger charge is -2.07. The SMILES string of the molecule is c1ccc2c(c1)[C@H]1O[C@@H]2[C@@H]2S[C@@H]21. The van der Waals surface area contributed by atoms with Crippen molar-refractivity contribution in [1.82, 2.24) is 0 Å². The van der Waals surface area contributed by atoms with Crippen LogP contribution in [0.15, 0.2) is 24.3 Å². The second kappa shape index (κ2) is 1.73. The topological polar surface area (TPSA) is 9.23 Å². The van der Waals surface area contributed by atoms with Crippen LogP contribution < -0.4 is 0 Å². The molecular formula is C10H8OS. The van der Waals surface area contributed by atoms with Gasteiger partial charge in [0.2, 0.25) is 0 Å². The van der Waals surface area contributed by atoms with Gasteiger partial charge in [-0.15, -0.1) is 11.8 Å². The van der Waals surface area contributed by atoms with E-state index < -0.39 is 0 Å². The summed E-state index contributed by atoms with van der Waals surface area (Å²) in [7, 11) is 0. The molecule has 2 saturated heterocycles. The zero-order valence-corrected chi connectivity index (χ0v) is 7.25. The number of rotatable bonds is 0. The Morgan fingerprint density at radius 3 is 2.17 bits per heavy atom. The minimum absolute atomic E-state index is 0.432. The molecule has 0 amide bonds. The molecule has 60 valence electrons. The van der Waals surface area contributed by atoms with E-state index in [4.69, 9.17) is 4.74 Å². The fourth-order valence-electron chi connectivity index (χ4n) is 2.47. The number of benzene rings is 1. The molecular weight excluding hydrogens is 168 g/mol. The van der Waals surface area contributed by atoms with Crippen molar-refractivity contribution in [2.45, 2.75) is 22.7 Å². The summed E-state index contributed by atoms with van der Waals surface area (Å²) in [5.74, 6) is 0. The average Bonchev–Trinajstić information content (AvgIpc) is 2.74. The van der Waals surface area contributed by atoms with Gasteiger partial charge in [-0.25, -0.2) is 0 Å². The monoisotopic (exact) mass is 176 g/mol. The minimum atomic E-state index is 0.432. The van der Waals surface area contributed by atoms with Crippen LogP contribution in [0.1, 0.15) is 23.3 Å². The molecule has 4 rings (SSSR count). The van der Waals surface area contributed by atoms with E-state index in [1.807, 2.05) is 0 Å². The molecule has 0 aromatic heterocycles. The molecule has 2 bridgehead atoms. The largest absolute Gasteiger partial charge is 0.363 e. The number of ether oxygens (including phenoxy) is 1. The van der Waals surface area contributed by atoms with E-state index >= 15 is 0 Å². The van der Waals surface area contributed by atoms with Gasteiger partial charge in [-0.05, 0) is 11.1 Å². The first kappa shape index (κ1) is 6.06. The zero-order valence-electron chi connectivity index (χ0n) is 6.44. The quantitative estimate of drug-likeness (QED) is 0.561. The normalized spacial score (nSPS) is 45.7. The van der Waals surface area contributed by atoms with Crippen molar-refractivity contribution >= 4 is 11.8 Å². The molecule has 0 unspecified atom stereocenters. The molecule has 3 heterocycles. The second-order valence-electron chi connectivity index (χ2n) is 3.67. The fraction of sp³-hybridized carbons (Fsp3) is 0.400. The summed E-state index contributed by atoms with van der Waals surface area (Å²) in [5, 5.41) is 1.59. The molecule has 3 aliphatic heterocycles. The minimum Gasteiger partial charge on any atom is -0.363 e. The zero-order chi connectivity index (χ0) is 7.71. The van der Waals surface area contributed by atoms with Gasteiger partial charge in [0.05, 0.1) is 22.7 Å². The lowest BCUT2D eigenvalue weighted by atomic mass is 9.92. The average molecular weight is 176 g/mol. The van der Waals surface area contributed by atoms with Crippen molar-refractivity contribution in [3.8, 4) is 0 Å². The van der Waals surface area contributed by atoms with Gasteiger partial charge in [0.25, 0.3) is 0 Å². The van der Waals surface area contributed by atoms with Gasteiger partial charge in [0.1, 0.15) is 0 Å². The van der Waals surface area contributed by atoms with Crippen LogP contribution in [0, 0.1) is 0 Å². The van der Waals surface area contributed by atoms with Crippen molar-refractivity contribution in [2.75, 3.05) is 0 Å². The highest BCUT2D eigenvalue weighted by atomic mass is 32.2. The van der Waals surface area contributed by atoms with Gasteiger partial charge >= 0.3 is 0 Å². The molecule has 0 spiro atoms. The van der Waals surface area contributed by atoms with Crippen molar-refractivity contribution < 1.29 is 4.74 Å². The van der Waals surface area contributed by atoms with Crippen molar-refractivity contribution in [2.24, 2.45) is 0 Å². The van der Waals surface area contributed by atoms with E-state index in [1.165, 1.54) is 11.1 Å². The Balaban J connectivity index is 2.01. The summed E-state index contributed by atoms with van der Waals surface area (Å²) >= 11 is 2.09. The third kappa shape index (κ3) is 0.520. The number of fused-ring (bicyclic) bond motifs is 8. The van der Waals surface area contributed by atoms with Gasteiger partial charge in [-0.2, -0.15) is 0 Å². The molecule has 1 aromatic rings. The highest BCUT2D eigenvalue weighted by Crippen LogP contribution is 2.68. The maximum atomic E-state index is 5.88. The summed E-state index contributed by atoms with van der Waals surface area (Å²) in [6.07, 6.45) is 0.863. The van der Waals surface area contributed by atoms with E-state index in [0.29, 0.717) is 12.2 Å². The Labute approximate surface area is 75.1 Å². The highest BCUT2D eigenvalue weighted by Gasteiger charge is 2.62. The number of hydrogen-bond donors (Lipinski definition) is 0. The Kier molecular flexibility index (Phi) is 0.872. The number of hydrogen-bond acceptors (Lipinski definition) is 2.